The maximum absolute atomic E-state index is 12.7. The number of aliphatic hydroxyl groups is 1. The molecule has 0 bridgehead atoms. The normalized spacial score (nSPS) is 17.5. The summed E-state index contributed by atoms with van der Waals surface area (Å²) < 4.78 is 12.9. The lowest BCUT2D eigenvalue weighted by atomic mass is 10.0. The molecule has 4 aromatic carbocycles. The minimum atomic E-state index is -0.970. The van der Waals surface area contributed by atoms with Crippen LogP contribution in [0.5, 0.6) is 0 Å². The minimum absolute atomic E-state index is 0.0496. The van der Waals surface area contributed by atoms with Crippen molar-refractivity contribution < 1.29 is 34.1 Å². The molecule has 0 aromatic heterocycles. The van der Waals surface area contributed by atoms with Gasteiger partial charge in [0.2, 0.25) is 11.8 Å². The van der Waals surface area contributed by atoms with E-state index in [4.69, 9.17) is 15.2 Å². The number of benzene rings is 4. The van der Waals surface area contributed by atoms with Crippen LogP contribution in [-0.2, 0) is 25.7 Å². The average molecular weight is 656 g/mol. The van der Waals surface area contributed by atoms with Crippen LogP contribution in [0.4, 0.5) is 17.1 Å². The lowest BCUT2D eigenvalue weighted by molar-refractivity contribution is -0.245. The number of anilines is 3. The van der Waals surface area contributed by atoms with Crippen LogP contribution in [0.2, 0.25) is 0 Å². The summed E-state index contributed by atoms with van der Waals surface area (Å²) in [6.07, 6.45) is 0.113. The van der Waals surface area contributed by atoms with E-state index in [-0.39, 0.29) is 49.0 Å². The fraction of sp³-hybridized carbons (Fsp3) is 0.250. The van der Waals surface area contributed by atoms with Gasteiger partial charge in [-0.3, -0.25) is 9.59 Å². The number of carbonyl (C=O) groups is 3. The number of carboxylic acids is 1. The summed E-state index contributed by atoms with van der Waals surface area (Å²) in [5.41, 5.74) is 10.2. The maximum atomic E-state index is 12.7. The van der Waals surface area contributed by atoms with Gasteiger partial charge in [0, 0.05) is 41.2 Å². The second kappa shape index (κ2) is 16.2. The number of thioether (sulfide) groups is 1. The van der Waals surface area contributed by atoms with Gasteiger partial charge >= 0.3 is 5.97 Å². The van der Waals surface area contributed by atoms with Gasteiger partial charge in [-0.25, -0.2) is 4.79 Å². The van der Waals surface area contributed by atoms with E-state index in [1.165, 1.54) is 0 Å². The molecule has 0 radical (unpaired) electrons. The lowest BCUT2D eigenvalue weighted by Gasteiger charge is -2.36. The zero-order chi connectivity index (χ0) is 33.2. The third kappa shape index (κ3) is 9.66. The number of para-hydroxylation sites is 2. The van der Waals surface area contributed by atoms with Crippen molar-refractivity contribution >= 4 is 46.6 Å². The number of amides is 2. The SMILES string of the molecule is Nc1ccccc1NC(=O)CCCC(=O)Nc1cccc([C@@H]2O[C@H](CSc3ccc(C(=O)O)cc3)C[C@H](c3ccc(CO)cc3)O2)c1. The fourth-order valence-corrected chi connectivity index (χ4v) is 6.05. The first-order valence-electron chi connectivity index (χ1n) is 15.3. The van der Waals surface area contributed by atoms with Crippen molar-refractivity contribution in [2.24, 2.45) is 0 Å². The van der Waals surface area contributed by atoms with Crippen molar-refractivity contribution in [3.8, 4) is 0 Å². The van der Waals surface area contributed by atoms with Crippen LogP contribution in [0.3, 0.4) is 0 Å². The summed E-state index contributed by atoms with van der Waals surface area (Å²) in [7, 11) is 0. The van der Waals surface area contributed by atoms with Gasteiger partial charge in [0.1, 0.15) is 0 Å². The van der Waals surface area contributed by atoms with Crippen LogP contribution in [0.25, 0.3) is 0 Å². The quantitative estimate of drug-likeness (QED) is 0.0795. The molecule has 10 nitrogen and oxygen atoms in total. The monoisotopic (exact) mass is 655 g/mol. The van der Waals surface area contributed by atoms with Crippen LogP contribution in [0.1, 0.15) is 65.1 Å². The summed E-state index contributed by atoms with van der Waals surface area (Å²) in [5, 5.41) is 24.4. The number of ether oxygens (including phenoxy) is 2. The van der Waals surface area contributed by atoms with Crippen LogP contribution < -0.4 is 16.4 Å². The van der Waals surface area contributed by atoms with Crippen molar-refractivity contribution in [1.29, 1.82) is 0 Å². The van der Waals surface area contributed by atoms with Crippen molar-refractivity contribution in [2.75, 3.05) is 22.1 Å². The summed E-state index contributed by atoms with van der Waals surface area (Å²) in [5.74, 6) is -0.791. The van der Waals surface area contributed by atoms with Crippen LogP contribution >= 0.6 is 11.8 Å². The molecule has 1 fully saturated rings. The molecule has 2 amide bonds. The van der Waals surface area contributed by atoms with E-state index < -0.39 is 12.3 Å². The Morgan fingerprint density at radius 2 is 1.55 bits per heavy atom. The van der Waals surface area contributed by atoms with E-state index in [1.807, 2.05) is 42.5 Å². The first-order valence-corrected chi connectivity index (χ1v) is 16.3. The van der Waals surface area contributed by atoms with E-state index >= 15 is 0 Å². The van der Waals surface area contributed by atoms with E-state index in [9.17, 15) is 24.6 Å². The van der Waals surface area contributed by atoms with E-state index in [0.29, 0.717) is 35.7 Å². The average Bonchev–Trinajstić information content (AvgIpc) is 3.08. The number of aromatic carboxylic acids is 1. The Morgan fingerprint density at radius 1 is 0.830 bits per heavy atom. The molecule has 1 aliphatic rings. The first kappa shape index (κ1) is 33.7. The molecule has 0 spiro atoms. The highest BCUT2D eigenvalue weighted by Gasteiger charge is 2.32. The first-order chi connectivity index (χ1) is 22.8. The summed E-state index contributed by atoms with van der Waals surface area (Å²) >= 11 is 1.57. The zero-order valence-corrected chi connectivity index (χ0v) is 26.5. The number of carbonyl (C=O) groups excluding carboxylic acids is 2. The van der Waals surface area contributed by atoms with Gasteiger partial charge < -0.3 is 36.1 Å². The van der Waals surface area contributed by atoms with Gasteiger partial charge in [0.05, 0.1) is 35.8 Å². The summed E-state index contributed by atoms with van der Waals surface area (Å²) in [6, 6.07) is 28.7. The second-order valence-corrected chi connectivity index (χ2v) is 12.2. The Morgan fingerprint density at radius 3 is 2.26 bits per heavy atom. The number of nitrogen functional groups attached to an aromatic ring is 1. The molecule has 1 aliphatic heterocycles. The number of hydrogen-bond donors (Lipinski definition) is 5. The molecule has 6 N–H and O–H groups in total. The molecule has 0 aliphatic carbocycles. The Balaban J connectivity index is 1.21. The topological polar surface area (TPSA) is 160 Å². The van der Waals surface area contributed by atoms with E-state index in [2.05, 4.69) is 10.6 Å². The highest BCUT2D eigenvalue weighted by Crippen LogP contribution is 2.40. The molecule has 5 rings (SSSR count). The minimum Gasteiger partial charge on any atom is -0.478 e. The van der Waals surface area contributed by atoms with Gasteiger partial charge in [0.25, 0.3) is 0 Å². The van der Waals surface area contributed by atoms with Crippen LogP contribution in [0, 0.1) is 0 Å². The Hall–Kier alpha value is -4.68. The van der Waals surface area contributed by atoms with Gasteiger partial charge in [-0.05, 0) is 66.1 Å². The molecule has 0 saturated carbocycles. The van der Waals surface area contributed by atoms with Crippen LogP contribution in [-0.4, -0.2) is 39.9 Å². The third-order valence-electron chi connectivity index (χ3n) is 7.64. The van der Waals surface area contributed by atoms with Crippen molar-refractivity contribution in [2.45, 2.75) is 55.7 Å². The maximum Gasteiger partial charge on any atom is 0.335 e. The highest BCUT2D eigenvalue weighted by atomic mass is 32.2. The largest absolute Gasteiger partial charge is 0.478 e. The molecular formula is C36H37N3O7S. The predicted octanol–water partition coefficient (Wildman–Crippen LogP) is 6.54. The molecule has 11 heteroatoms. The smallest absolute Gasteiger partial charge is 0.335 e. The number of nitrogens with one attached hydrogen (secondary N) is 2. The standard InChI is InChI=1S/C36H37N3O7S/c37-30-7-1-2-8-31(30)39-34(42)10-4-9-33(41)38-27-6-3-5-26(19-27)36-45-28(22-47-29-17-15-25(16-18-29)35(43)44)20-32(46-36)24-13-11-23(21-40)12-14-24/h1-3,5-8,11-19,28,32,36,40H,4,9-10,20-22,37H2,(H,38,41)(H,39,42)(H,43,44)/t28-,32+,36+/m0/s1. The van der Waals surface area contributed by atoms with Crippen LogP contribution in [0.15, 0.2) is 102 Å². The number of aliphatic hydroxyl groups excluding tert-OH is 1. The fourth-order valence-electron chi connectivity index (χ4n) is 5.13. The third-order valence-corrected chi connectivity index (χ3v) is 8.78. The number of nitrogens with two attached hydrogens (primary N) is 1. The molecule has 4 aromatic rings. The van der Waals surface area contributed by atoms with Crippen molar-refractivity contribution in [3.05, 3.63) is 119 Å². The number of hydrogen-bond acceptors (Lipinski definition) is 8. The Kier molecular flexibility index (Phi) is 11.6. The summed E-state index contributed by atoms with van der Waals surface area (Å²) in [4.78, 5) is 37.2. The highest BCUT2D eigenvalue weighted by molar-refractivity contribution is 7.99. The van der Waals surface area contributed by atoms with E-state index in [1.54, 1.807) is 66.4 Å². The van der Waals surface area contributed by atoms with Gasteiger partial charge in [-0.1, -0.05) is 48.5 Å². The van der Waals surface area contributed by atoms with Crippen molar-refractivity contribution in [3.63, 3.8) is 0 Å². The number of carboxylic acid groups (broad SMARTS) is 1. The number of rotatable bonds is 13. The molecule has 3 atom stereocenters. The molecule has 47 heavy (non-hydrogen) atoms. The molecular weight excluding hydrogens is 618 g/mol. The molecule has 1 heterocycles. The molecule has 1 saturated heterocycles. The Bertz CT molecular complexity index is 1680. The Labute approximate surface area is 277 Å². The van der Waals surface area contributed by atoms with E-state index in [0.717, 1.165) is 21.6 Å². The van der Waals surface area contributed by atoms with Gasteiger partial charge in [-0.15, -0.1) is 11.8 Å². The zero-order valence-electron chi connectivity index (χ0n) is 25.6. The van der Waals surface area contributed by atoms with Gasteiger partial charge in [-0.2, -0.15) is 0 Å². The summed E-state index contributed by atoms with van der Waals surface area (Å²) in [6.45, 7) is -0.0496. The van der Waals surface area contributed by atoms with Gasteiger partial charge in [0.15, 0.2) is 6.29 Å². The lowest BCUT2D eigenvalue weighted by Crippen LogP contribution is -2.31. The molecule has 244 valence electrons. The predicted molar refractivity (Wildman–Crippen MR) is 181 cm³/mol. The molecule has 0 unspecified atom stereocenters. The second-order valence-electron chi connectivity index (χ2n) is 11.2. The van der Waals surface area contributed by atoms with Crippen molar-refractivity contribution in [1.82, 2.24) is 0 Å².